The van der Waals surface area contributed by atoms with Crippen LogP contribution in [0.25, 0.3) is 0 Å². The number of amides is 1. The first-order valence-electron chi connectivity index (χ1n) is 9.34. The number of aromatic nitrogens is 3. The zero-order chi connectivity index (χ0) is 16.8. The van der Waals surface area contributed by atoms with Gasteiger partial charge in [0, 0.05) is 37.4 Å². The van der Waals surface area contributed by atoms with Gasteiger partial charge >= 0.3 is 0 Å². The summed E-state index contributed by atoms with van der Waals surface area (Å²) in [5.41, 5.74) is 0.441. The van der Waals surface area contributed by atoms with Crippen molar-refractivity contribution in [3.8, 4) is 0 Å². The molecule has 2 saturated carbocycles. The minimum absolute atomic E-state index is 0.0236. The van der Waals surface area contributed by atoms with Gasteiger partial charge < -0.3 is 13.9 Å². The monoisotopic (exact) mass is 342 g/mol. The summed E-state index contributed by atoms with van der Waals surface area (Å²) in [5.74, 6) is 3.74. The number of nitrogens with zero attached hydrogens (tertiary/aromatic N) is 4. The molecule has 0 bridgehead atoms. The van der Waals surface area contributed by atoms with E-state index in [1.54, 1.807) is 0 Å². The van der Waals surface area contributed by atoms with Crippen molar-refractivity contribution >= 4 is 5.91 Å². The second-order valence-corrected chi connectivity index (χ2v) is 7.67. The Labute approximate surface area is 145 Å². The summed E-state index contributed by atoms with van der Waals surface area (Å²) in [6.07, 6.45) is 7.44. The van der Waals surface area contributed by atoms with Gasteiger partial charge in [-0.3, -0.25) is 4.79 Å². The molecule has 0 spiro atoms. The first kappa shape index (κ1) is 15.1. The Kier molecular flexibility index (Phi) is 3.60. The Balaban J connectivity index is 1.22. The fourth-order valence-electron chi connectivity index (χ4n) is 3.63. The van der Waals surface area contributed by atoms with Crippen molar-refractivity contribution in [3.05, 3.63) is 29.2 Å². The topological polar surface area (TPSA) is 85.3 Å². The molecule has 2 aliphatic carbocycles. The van der Waals surface area contributed by atoms with E-state index in [-0.39, 0.29) is 5.91 Å². The maximum Gasteiger partial charge on any atom is 0.276 e. The van der Waals surface area contributed by atoms with E-state index in [4.69, 9.17) is 9.05 Å². The van der Waals surface area contributed by atoms with Gasteiger partial charge in [0.25, 0.3) is 5.91 Å². The Hall–Kier alpha value is -2.18. The lowest BCUT2D eigenvalue weighted by Gasteiger charge is -2.31. The van der Waals surface area contributed by atoms with Gasteiger partial charge in [-0.15, -0.1) is 0 Å². The molecule has 2 aromatic rings. The molecule has 1 amide bonds. The predicted octanol–water partition coefficient (Wildman–Crippen LogP) is 2.91. The van der Waals surface area contributed by atoms with E-state index in [9.17, 15) is 4.79 Å². The number of hydrogen-bond acceptors (Lipinski definition) is 6. The molecule has 3 fully saturated rings. The van der Waals surface area contributed by atoms with Gasteiger partial charge in [-0.25, -0.2) is 0 Å². The number of hydrogen-bond donors (Lipinski definition) is 0. The smallest absolute Gasteiger partial charge is 0.276 e. The molecule has 5 rings (SSSR count). The fourth-order valence-corrected chi connectivity index (χ4v) is 3.63. The molecule has 0 radical (unpaired) electrons. The van der Waals surface area contributed by atoms with Crippen LogP contribution in [-0.2, 0) is 6.42 Å². The van der Waals surface area contributed by atoms with Crippen molar-refractivity contribution < 1.29 is 13.8 Å². The van der Waals surface area contributed by atoms with Crippen LogP contribution in [-0.4, -0.2) is 39.2 Å². The summed E-state index contributed by atoms with van der Waals surface area (Å²) in [7, 11) is 0. The SMILES string of the molecule is O=C(c1cc(C2CC2)on1)N1CCCC(Cc2nc(C3CC3)no2)C1. The highest BCUT2D eigenvalue weighted by molar-refractivity contribution is 5.92. The Morgan fingerprint density at radius 3 is 2.76 bits per heavy atom. The molecular formula is C18H22N4O3. The predicted molar refractivity (Wildman–Crippen MR) is 87.1 cm³/mol. The first-order valence-corrected chi connectivity index (χ1v) is 9.34. The summed E-state index contributed by atoms with van der Waals surface area (Å²) < 4.78 is 10.7. The summed E-state index contributed by atoms with van der Waals surface area (Å²) in [6, 6.07) is 1.82. The second-order valence-electron chi connectivity index (χ2n) is 7.67. The van der Waals surface area contributed by atoms with Gasteiger partial charge in [0.05, 0.1) is 0 Å². The van der Waals surface area contributed by atoms with Crippen molar-refractivity contribution in [2.75, 3.05) is 13.1 Å². The summed E-state index contributed by atoms with van der Waals surface area (Å²) in [6.45, 7) is 1.49. The lowest BCUT2D eigenvalue weighted by molar-refractivity contribution is 0.0657. The first-order chi connectivity index (χ1) is 12.3. The van der Waals surface area contributed by atoms with Crippen LogP contribution >= 0.6 is 0 Å². The molecule has 1 atom stereocenters. The van der Waals surface area contributed by atoms with Crippen LogP contribution in [0.1, 0.15) is 78.3 Å². The van der Waals surface area contributed by atoms with Gasteiger partial charge in [0.1, 0.15) is 5.76 Å². The molecule has 2 aromatic heterocycles. The van der Waals surface area contributed by atoms with Crippen molar-refractivity contribution in [3.63, 3.8) is 0 Å². The molecule has 3 aliphatic rings. The average Bonchev–Trinajstić information content (AvgIpc) is 3.57. The molecule has 0 N–H and O–H groups in total. The normalized spacial score (nSPS) is 23.8. The highest BCUT2D eigenvalue weighted by Crippen LogP contribution is 2.40. The molecule has 7 nitrogen and oxygen atoms in total. The molecule has 1 saturated heterocycles. The average molecular weight is 342 g/mol. The lowest BCUT2D eigenvalue weighted by Crippen LogP contribution is -2.40. The molecule has 1 unspecified atom stereocenters. The largest absolute Gasteiger partial charge is 0.360 e. The van der Waals surface area contributed by atoms with E-state index in [1.165, 1.54) is 12.8 Å². The Morgan fingerprint density at radius 1 is 1.12 bits per heavy atom. The van der Waals surface area contributed by atoms with Crippen LogP contribution in [0.4, 0.5) is 0 Å². The van der Waals surface area contributed by atoms with Crippen LogP contribution in [0.5, 0.6) is 0 Å². The van der Waals surface area contributed by atoms with Crippen molar-refractivity contribution in [2.45, 2.75) is 56.8 Å². The third kappa shape index (κ3) is 3.19. The zero-order valence-corrected chi connectivity index (χ0v) is 14.2. The maximum atomic E-state index is 12.7. The number of likely N-dealkylation sites (tertiary alicyclic amines) is 1. The van der Waals surface area contributed by atoms with Crippen molar-refractivity contribution in [2.24, 2.45) is 5.92 Å². The third-order valence-corrected chi connectivity index (χ3v) is 5.42. The highest BCUT2D eigenvalue weighted by atomic mass is 16.5. The van der Waals surface area contributed by atoms with E-state index in [0.29, 0.717) is 35.9 Å². The maximum absolute atomic E-state index is 12.7. The zero-order valence-electron chi connectivity index (χ0n) is 14.2. The van der Waals surface area contributed by atoms with Crippen molar-refractivity contribution in [1.29, 1.82) is 0 Å². The van der Waals surface area contributed by atoms with Gasteiger partial charge in [-0.2, -0.15) is 4.98 Å². The fraction of sp³-hybridized carbons (Fsp3) is 0.667. The number of piperidine rings is 1. The molecule has 132 valence electrons. The van der Waals surface area contributed by atoms with Crippen LogP contribution in [0, 0.1) is 5.92 Å². The van der Waals surface area contributed by atoms with Gasteiger partial charge in [0.15, 0.2) is 11.5 Å². The quantitative estimate of drug-likeness (QED) is 0.830. The Morgan fingerprint density at radius 2 is 1.96 bits per heavy atom. The van der Waals surface area contributed by atoms with E-state index < -0.39 is 0 Å². The van der Waals surface area contributed by atoms with Crippen LogP contribution < -0.4 is 0 Å². The van der Waals surface area contributed by atoms with Gasteiger partial charge in [0.2, 0.25) is 5.89 Å². The van der Waals surface area contributed by atoms with E-state index in [0.717, 1.165) is 50.2 Å². The summed E-state index contributed by atoms with van der Waals surface area (Å²) in [4.78, 5) is 19.1. The molecule has 1 aliphatic heterocycles. The lowest BCUT2D eigenvalue weighted by atomic mass is 9.94. The molecule has 0 aromatic carbocycles. The molecule has 25 heavy (non-hydrogen) atoms. The van der Waals surface area contributed by atoms with Gasteiger partial charge in [-0.1, -0.05) is 10.3 Å². The van der Waals surface area contributed by atoms with Crippen LogP contribution in [0.2, 0.25) is 0 Å². The van der Waals surface area contributed by atoms with E-state index >= 15 is 0 Å². The van der Waals surface area contributed by atoms with E-state index in [2.05, 4.69) is 15.3 Å². The molecular weight excluding hydrogens is 320 g/mol. The number of rotatable bonds is 5. The van der Waals surface area contributed by atoms with Crippen molar-refractivity contribution in [1.82, 2.24) is 20.2 Å². The van der Waals surface area contributed by atoms with Gasteiger partial charge in [-0.05, 0) is 44.4 Å². The summed E-state index contributed by atoms with van der Waals surface area (Å²) in [5, 5.41) is 8.07. The second kappa shape index (κ2) is 5.97. The molecule has 7 heteroatoms. The number of carbonyl (C=O) groups excluding carboxylic acids is 1. The summed E-state index contributed by atoms with van der Waals surface area (Å²) >= 11 is 0. The third-order valence-electron chi connectivity index (χ3n) is 5.42. The van der Waals surface area contributed by atoms with Crippen LogP contribution in [0.15, 0.2) is 15.1 Å². The minimum Gasteiger partial charge on any atom is -0.360 e. The van der Waals surface area contributed by atoms with Crippen LogP contribution in [0.3, 0.4) is 0 Å². The highest BCUT2D eigenvalue weighted by Gasteiger charge is 2.32. The Bertz CT molecular complexity index is 775. The van der Waals surface area contributed by atoms with E-state index in [1.807, 2.05) is 11.0 Å². The standard InChI is InChI=1S/C18H22N4O3/c23-18(14-9-15(24-20-14)12-3-4-12)22-7-1-2-11(10-22)8-16-19-17(21-25-16)13-5-6-13/h9,11-13H,1-8,10H2. The minimum atomic E-state index is -0.0236. The number of carbonyl (C=O) groups is 1. The molecule has 3 heterocycles.